The summed E-state index contributed by atoms with van der Waals surface area (Å²) in [6, 6.07) is 6.62. The van der Waals surface area contributed by atoms with E-state index in [-0.39, 0.29) is 0 Å². The zero-order chi connectivity index (χ0) is 12.0. The van der Waals surface area contributed by atoms with Crippen LogP contribution in [0.3, 0.4) is 0 Å². The second-order valence-electron chi connectivity index (χ2n) is 4.36. The minimum Gasteiger partial charge on any atom is -0.329 e. The normalized spacial score (nSPS) is 13.1. The fraction of sp³-hybridized carbons (Fsp3) is 0.615. The second-order valence-corrected chi connectivity index (χ2v) is 4.36. The van der Waals surface area contributed by atoms with Crippen molar-refractivity contribution in [2.24, 2.45) is 5.73 Å². The molecular weight excluding hydrogens is 198 g/mol. The monoisotopic (exact) mass is 221 g/mol. The summed E-state index contributed by atoms with van der Waals surface area (Å²) in [7, 11) is 2.12. The maximum atomic E-state index is 5.78. The van der Waals surface area contributed by atoms with Gasteiger partial charge in [-0.05, 0) is 32.5 Å². The number of pyridine rings is 1. The van der Waals surface area contributed by atoms with Gasteiger partial charge in [0.25, 0.3) is 0 Å². The van der Waals surface area contributed by atoms with Gasteiger partial charge >= 0.3 is 0 Å². The molecule has 0 aliphatic rings. The van der Waals surface area contributed by atoms with Crippen LogP contribution < -0.4 is 5.73 Å². The van der Waals surface area contributed by atoms with Crippen molar-refractivity contribution < 1.29 is 0 Å². The third kappa shape index (κ3) is 3.91. The minimum atomic E-state index is 0.465. The number of aryl methyl sites for hydroxylation is 1. The zero-order valence-electron chi connectivity index (χ0n) is 10.6. The van der Waals surface area contributed by atoms with Crippen LogP contribution in [0.4, 0.5) is 0 Å². The average molecular weight is 221 g/mol. The topological polar surface area (TPSA) is 42.1 Å². The predicted molar refractivity (Wildman–Crippen MR) is 68.2 cm³/mol. The van der Waals surface area contributed by atoms with Crippen molar-refractivity contribution in [3.63, 3.8) is 0 Å². The van der Waals surface area contributed by atoms with Gasteiger partial charge in [-0.15, -0.1) is 0 Å². The van der Waals surface area contributed by atoms with E-state index in [1.165, 1.54) is 6.42 Å². The van der Waals surface area contributed by atoms with Gasteiger partial charge in [0, 0.05) is 24.8 Å². The molecule has 1 heterocycles. The Labute approximate surface area is 98.7 Å². The molecule has 2 N–H and O–H groups in total. The van der Waals surface area contributed by atoms with Gasteiger partial charge in [-0.3, -0.25) is 9.88 Å². The molecule has 0 spiro atoms. The van der Waals surface area contributed by atoms with E-state index in [9.17, 15) is 0 Å². The van der Waals surface area contributed by atoms with Gasteiger partial charge in [0.2, 0.25) is 0 Å². The summed E-state index contributed by atoms with van der Waals surface area (Å²) in [5, 5.41) is 0. The van der Waals surface area contributed by atoms with Gasteiger partial charge < -0.3 is 5.73 Å². The molecule has 0 aromatic carbocycles. The van der Waals surface area contributed by atoms with Crippen molar-refractivity contribution >= 4 is 0 Å². The molecule has 0 fully saturated rings. The van der Waals surface area contributed by atoms with E-state index < -0.39 is 0 Å². The van der Waals surface area contributed by atoms with Gasteiger partial charge in [0.05, 0.1) is 5.69 Å². The van der Waals surface area contributed by atoms with E-state index in [0.717, 1.165) is 30.9 Å². The molecule has 0 aliphatic heterocycles. The summed E-state index contributed by atoms with van der Waals surface area (Å²) < 4.78 is 0. The van der Waals surface area contributed by atoms with Crippen LogP contribution in [0.1, 0.15) is 31.2 Å². The van der Waals surface area contributed by atoms with Gasteiger partial charge in [0.1, 0.15) is 0 Å². The molecule has 0 aliphatic carbocycles. The van der Waals surface area contributed by atoms with E-state index in [1.807, 2.05) is 13.0 Å². The minimum absolute atomic E-state index is 0.465. The van der Waals surface area contributed by atoms with Crippen molar-refractivity contribution in [2.45, 2.75) is 39.3 Å². The standard InChI is InChI=1S/C13H23N3/c1-4-6-13(9-14)16(3)10-12-8-5-7-11(2)15-12/h5,7-8,13H,4,6,9-10,14H2,1-3H3. The van der Waals surface area contributed by atoms with Crippen LogP contribution in [0.5, 0.6) is 0 Å². The van der Waals surface area contributed by atoms with E-state index >= 15 is 0 Å². The number of nitrogens with two attached hydrogens (primary N) is 1. The Morgan fingerprint density at radius 2 is 2.19 bits per heavy atom. The number of nitrogens with zero attached hydrogens (tertiary/aromatic N) is 2. The maximum absolute atomic E-state index is 5.78. The van der Waals surface area contributed by atoms with Crippen LogP contribution in [0.15, 0.2) is 18.2 Å². The Balaban J connectivity index is 2.58. The smallest absolute Gasteiger partial charge is 0.0547 e. The lowest BCUT2D eigenvalue weighted by Crippen LogP contribution is -2.37. The van der Waals surface area contributed by atoms with Crippen LogP contribution >= 0.6 is 0 Å². The SMILES string of the molecule is CCCC(CN)N(C)Cc1cccc(C)n1. The van der Waals surface area contributed by atoms with E-state index in [4.69, 9.17) is 5.73 Å². The molecule has 1 aromatic rings. The molecule has 1 rings (SSSR count). The van der Waals surface area contributed by atoms with Gasteiger partial charge in [0.15, 0.2) is 0 Å². The van der Waals surface area contributed by atoms with Crippen molar-refractivity contribution in [1.82, 2.24) is 9.88 Å². The van der Waals surface area contributed by atoms with Crippen molar-refractivity contribution in [3.8, 4) is 0 Å². The van der Waals surface area contributed by atoms with Crippen molar-refractivity contribution in [1.29, 1.82) is 0 Å². The summed E-state index contributed by atoms with van der Waals surface area (Å²) in [5.41, 5.74) is 7.98. The van der Waals surface area contributed by atoms with Crippen molar-refractivity contribution in [2.75, 3.05) is 13.6 Å². The first-order valence-corrected chi connectivity index (χ1v) is 6.00. The largest absolute Gasteiger partial charge is 0.329 e. The average Bonchev–Trinajstić information content (AvgIpc) is 2.25. The van der Waals surface area contributed by atoms with E-state index in [1.54, 1.807) is 0 Å². The molecule has 0 bridgehead atoms. The molecule has 90 valence electrons. The maximum Gasteiger partial charge on any atom is 0.0547 e. The van der Waals surface area contributed by atoms with Gasteiger partial charge in [-0.2, -0.15) is 0 Å². The second kappa shape index (κ2) is 6.61. The molecule has 0 radical (unpaired) electrons. The quantitative estimate of drug-likeness (QED) is 0.798. The first-order chi connectivity index (χ1) is 7.67. The Morgan fingerprint density at radius 3 is 2.75 bits per heavy atom. The molecule has 1 unspecified atom stereocenters. The molecule has 0 saturated heterocycles. The predicted octanol–water partition coefficient (Wildman–Crippen LogP) is 1.95. The van der Waals surface area contributed by atoms with E-state index in [2.05, 4.69) is 36.0 Å². The molecule has 3 heteroatoms. The van der Waals surface area contributed by atoms with Crippen LogP contribution in [-0.4, -0.2) is 29.5 Å². The summed E-state index contributed by atoms with van der Waals surface area (Å²) >= 11 is 0. The van der Waals surface area contributed by atoms with Crippen LogP contribution in [0.25, 0.3) is 0 Å². The molecule has 16 heavy (non-hydrogen) atoms. The highest BCUT2D eigenvalue weighted by Crippen LogP contribution is 2.08. The summed E-state index contributed by atoms with van der Waals surface area (Å²) in [6.45, 7) is 5.82. The number of hydrogen-bond donors (Lipinski definition) is 1. The first-order valence-electron chi connectivity index (χ1n) is 6.00. The molecule has 3 nitrogen and oxygen atoms in total. The zero-order valence-corrected chi connectivity index (χ0v) is 10.6. The number of rotatable bonds is 6. The van der Waals surface area contributed by atoms with Crippen LogP contribution in [0, 0.1) is 6.92 Å². The highest BCUT2D eigenvalue weighted by molar-refractivity contribution is 5.09. The Hall–Kier alpha value is -0.930. The summed E-state index contributed by atoms with van der Waals surface area (Å²) in [5.74, 6) is 0. The van der Waals surface area contributed by atoms with E-state index in [0.29, 0.717) is 6.04 Å². The molecule has 0 amide bonds. The number of aromatic nitrogens is 1. The molecular formula is C13H23N3. The van der Waals surface area contributed by atoms with Crippen LogP contribution in [-0.2, 0) is 6.54 Å². The Morgan fingerprint density at radius 1 is 1.44 bits per heavy atom. The fourth-order valence-corrected chi connectivity index (χ4v) is 1.92. The molecule has 0 saturated carbocycles. The lowest BCUT2D eigenvalue weighted by Gasteiger charge is -2.26. The molecule has 1 atom stereocenters. The summed E-state index contributed by atoms with van der Waals surface area (Å²) in [6.07, 6.45) is 2.33. The van der Waals surface area contributed by atoms with Gasteiger partial charge in [-0.1, -0.05) is 19.4 Å². The van der Waals surface area contributed by atoms with Crippen molar-refractivity contribution in [3.05, 3.63) is 29.6 Å². The third-order valence-corrected chi connectivity index (χ3v) is 2.87. The molecule has 1 aromatic heterocycles. The van der Waals surface area contributed by atoms with Crippen LogP contribution in [0.2, 0.25) is 0 Å². The Bertz CT molecular complexity index is 312. The highest BCUT2D eigenvalue weighted by atomic mass is 15.1. The number of hydrogen-bond acceptors (Lipinski definition) is 3. The third-order valence-electron chi connectivity index (χ3n) is 2.87. The highest BCUT2D eigenvalue weighted by Gasteiger charge is 2.12. The lowest BCUT2D eigenvalue weighted by atomic mass is 10.1. The fourth-order valence-electron chi connectivity index (χ4n) is 1.92. The Kier molecular flexibility index (Phi) is 5.43. The summed E-state index contributed by atoms with van der Waals surface area (Å²) in [4.78, 5) is 6.80. The first kappa shape index (κ1) is 13.1. The van der Waals surface area contributed by atoms with Gasteiger partial charge in [-0.25, -0.2) is 0 Å². The lowest BCUT2D eigenvalue weighted by molar-refractivity contribution is 0.223. The number of likely N-dealkylation sites (N-methyl/N-ethyl adjacent to an activating group) is 1.